The van der Waals surface area contributed by atoms with Crippen LogP contribution in [0.2, 0.25) is 0 Å². The summed E-state index contributed by atoms with van der Waals surface area (Å²) in [4.78, 5) is 16.8. The van der Waals surface area contributed by atoms with Crippen molar-refractivity contribution in [1.82, 2.24) is 18.8 Å². The van der Waals surface area contributed by atoms with Gasteiger partial charge in [-0.05, 0) is 55.0 Å². The molecule has 8 nitrogen and oxygen atoms in total. The fraction of sp³-hybridized carbons (Fsp3) is 0.520. The lowest BCUT2D eigenvalue weighted by molar-refractivity contribution is -0.119. The number of rotatable bonds is 8. The molecule has 3 aromatic rings. The Morgan fingerprint density at radius 3 is 2.65 bits per heavy atom. The molecule has 1 amide bonds. The van der Waals surface area contributed by atoms with Crippen LogP contribution in [0.15, 0.2) is 41.6 Å². The lowest BCUT2D eigenvalue weighted by atomic mass is 9.89. The summed E-state index contributed by atoms with van der Waals surface area (Å²) < 4.78 is 35.6. The molecule has 2 aromatic heterocycles. The quantitative estimate of drug-likeness (QED) is 0.526. The maximum absolute atomic E-state index is 13.3. The maximum Gasteiger partial charge on any atom is 0.267 e. The summed E-state index contributed by atoms with van der Waals surface area (Å²) in [6, 6.07) is 6.84. The minimum absolute atomic E-state index is 0.129. The Hall–Kier alpha value is -2.65. The second kappa shape index (κ2) is 9.54. The van der Waals surface area contributed by atoms with Crippen LogP contribution in [0.1, 0.15) is 51.4 Å². The summed E-state index contributed by atoms with van der Waals surface area (Å²) in [5.41, 5.74) is 2.13. The van der Waals surface area contributed by atoms with Gasteiger partial charge in [0.05, 0.1) is 22.3 Å². The minimum Gasteiger partial charge on any atom is -0.381 e. The van der Waals surface area contributed by atoms with Crippen molar-refractivity contribution < 1.29 is 17.9 Å². The summed E-state index contributed by atoms with van der Waals surface area (Å²) in [6.45, 7) is 8.93. The number of nitrogens with zero attached hydrogens (tertiary/aromatic N) is 3. The van der Waals surface area contributed by atoms with Crippen LogP contribution in [0.25, 0.3) is 11.0 Å². The molecule has 1 aromatic carbocycles. The molecule has 1 fully saturated rings. The first-order chi connectivity index (χ1) is 16.2. The average molecular weight is 487 g/mol. The van der Waals surface area contributed by atoms with Crippen LogP contribution in [0, 0.1) is 5.92 Å². The first kappa shape index (κ1) is 24.5. The number of carbonyl (C=O) groups excluding carboxylic acids is 1. The number of fused-ring (bicyclic) bond motifs is 1. The topological polar surface area (TPSA) is 95.2 Å². The van der Waals surface area contributed by atoms with Gasteiger partial charge in [-0.1, -0.05) is 20.8 Å². The second-order valence-corrected chi connectivity index (χ2v) is 11.5. The first-order valence-corrected chi connectivity index (χ1v) is 13.3. The Morgan fingerprint density at radius 1 is 1.24 bits per heavy atom. The number of aromatic nitrogens is 3. The number of hydrogen-bond donors (Lipinski definition) is 1. The molecule has 0 saturated carbocycles. The zero-order valence-electron chi connectivity index (χ0n) is 20.4. The molecule has 3 heterocycles. The van der Waals surface area contributed by atoms with Crippen LogP contribution in [0.4, 0.5) is 0 Å². The van der Waals surface area contributed by atoms with Crippen LogP contribution < -0.4 is 5.32 Å². The molecule has 0 atom stereocenters. The lowest BCUT2D eigenvalue weighted by Crippen LogP contribution is -2.26. The molecule has 4 rings (SSSR count). The first-order valence-electron chi connectivity index (χ1n) is 11.9. The number of carbonyl (C=O) groups is 1. The van der Waals surface area contributed by atoms with E-state index in [1.807, 2.05) is 6.07 Å². The van der Waals surface area contributed by atoms with Crippen molar-refractivity contribution in [3.8, 4) is 0 Å². The molecule has 1 N–H and O–H groups in total. The number of imidazole rings is 1. The second-order valence-electron chi connectivity index (χ2n) is 9.69. The van der Waals surface area contributed by atoms with E-state index in [0.717, 1.165) is 50.4 Å². The molecule has 184 valence electrons. The molecule has 9 heteroatoms. The molecular formula is C25H34N4O4S. The van der Waals surface area contributed by atoms with Crippen molar-refractivity contribution >= 4 is 27.0 Å². The third-order valence-corrected chi connectivity index (χ3v) is 8.57. The van der Waals surface area contributed by atoms with Gasteiger partial charge >= 0.3 is 0 Å². The maximum atomic E-state index is 13.3. The SMILES string of the molecule is CCC(C)(C)c1nc2cc(S(=O)(=O)n3ccc(CC(=O)NC)c3)ccc2n1CC1CCOCC1. The van der Waals surface area contributed by atoms with Crippen molar-refractivity contribution in [2.45, 2.75) is 63.3 Å². The van der Waals surface area contributed by atoms with Gasteiger partial charge in [-0.2, -0.15) is 0 Å². The molecule has 1 aliphatic heterocycles. The van der Waals surface area contributed by atoms with Gasteiger partial charge in [-0.3, -0.25) is 4.79 Å². The molecule has 0 aliphatic carbocycles. The number of hydrogen-bond acceptors (Lipinski definition) is 5. The zero-order valence-corrected chi connectivity index (χ0v) is 21.2. The van der Waals surface area contributed by atoms with Gasteiger partial charge in [0.25, 0.3) is 10.0 Å². The third kappa shape index (κ3) is 4.77. The average Bonchev–Trinajstić information content (AvgIpc) is 3.45. The summed E-state index contributed by atoms with van der Waals surface area (Å²) in [5.74, 6) is 1.33. The number of nitrogens with one attached hydrogen (secondary N) is 1. The Kier molecular flexibility index (Phi) is 6.87. The van der Waals surface area contributed by atoms with Gasteiger partial charge in [0, 0.05) is 44.6 Å². The van der Waals surface area contributed by atoms with Crippen LogP contribution in [0.5, 0.6) is 0 Å². The summed E-state index contributed by atoms with van der Waals surface area (Å²) >= 11 is 0. The van der Waals surface area contributed by atoms with E-state index in [1.54, 1.807) is 25.2 Å². The summed E-state index contributed by atoms with van der Waals surface area (Å²) in [5, 5.41) is 2.55. The molecule has 0 unspecified atom stereocenters. The number of amides is 1. The highest BCUT2D eigenvalue weighted by Crippen LogP contribution is 2.32. The molecule has 1 saturated heterocycles. The van der Waals surface area contributed by atoms with Crippen LogP contribution >= 0.6 is 0 Å². The van der Waals surface area contributed by atoms with Crippen molar-refractivity contribution in [1.29, 1.82) is 0 Å². The highest BCUT2D eigenvalue weighted by atomic mass is 32.2. The Morgan fingerprint density at radius 2 is 1.97 bits per heavy atom. The van der Waals surface area contributed by atoms with Gasteiger partial charge in [0.1, 0.15) is 5.82 Å². The predicted molar refractivity (Wildman–Crippen MR) is 131 cm³/mol. The van der Waals surface area contributed by atoms with E-state index in [0.29, 0.717) is 17.0 Å². The van der Waals surface area contributed by atoms with Gasteiger partial charge in [-0.15, -0.1) is 0 Å². The number of benzene rings is 1. The largest absolute Gasteiger partial charge is 0.381 e. The Bertz CT molecular complexity index is 1280. The van der Waals surface area contributed by atoms with Gasteiger partial charge in [0.15, 0.2) is 0 Å². The fourth-order valence-electron chi connectivity index (χ4n) is 4.39. The normalized spacial score (nSPS) is 15.6. The molecule has 1 aliphatic rings. The molecule has 0 bridgehead atoms. The Balaban J connectivity index is 1.73. The third-order valence-electron chi connectivity index (χ3n) is 6.94. The van der Waals surface area contributed by atoms with Crippen molar-refractivity contribution in [3.63, 3.8) is 0 Å². The van der Waals surface area contributed by atoms with E-state index >= 15 is 0 Å². The predicted octanol–water partition coefficient (Wildman–Crippen LogP) is 3.48. The number of likely N-dealkylation sites (N-methyl/N-ethyl adjacent to an activating group) is 1. The smallest absolute Gasteiger partial charge is 0.267 e. The summed E-state index contributed by atoms with van der Waals surface area (Å²) in [7, 11) is -2.25. The number of ether oxygens (including phenoxy) is 1. The molecule has 0 radical (unpaired) electrons. The van der Waals surface area contributed by atoms with Crippen molar-refractivity contribution in [2.75, 3.05) is 20.3 Å². The van der Waals surface area contributed by atoms with Crippen LogP contribution in [-0.4, -0.2) is 48.1 Å². The van der Waals surface area contributed by atoms with E-state index in [9.17, 15) is 13.2 Å². The fourth-order valence-corrected chi connectivity index (χ4v) is 5.62. The molecular weight excluding hydrogens is 452 g/mol. The highest BCUT2D eigenvalue weighted by Gasteiger charge is 2.28. The van der Waals surface area contributed by atoms with Crippen molar-refractivity contribution in [2.24, 2.45) is 5.92 Å². The standard InChI is InChI=1S/C25H34N4O4S/c1-5-25(2,3)24-27-21-15-20(6-7-22(21)29(24)17-18-9-12-33-13-10-18)34(31,32)28-11-8-19(16-28)14-23(30)26-4/h6-8,11,15-16,18H,5,9-10,12-14,17H2,1-4H3,(H,26,30). The Labute approximate surface area is 201 Å². The highest BCUT2D eigenvalue weighted by molar-refractivity contribution is 7.90. The van der Waals surface area contributed by atoms with Crippen LogP contribution in [0.3, 0.4) is 0 Å². The van der Waals surface area contributed by atoms with E-state index in [-0.39, 0.29) is 22.6 Å². The molecule has 0 spiro atoms. The van der Waals surface area contributed by atoms with E-state index in [4.69, 9.17) is 9.72 Å². The van der Waals surface area contributed by atoms with E-state index < -0.39 is 10.0 Å². The monoisotopic (exact) mass is 486 g/mol. The van der Waals surface area contributed by atoms with Crippen molar-refractivity contribution in [3.05, 3.63) is 48.0 Å². The van der Waals surface area contributed by atoms with Crippen LogP contribution in [-0.2, 0) is 37.9 Å². The van der Waals surface area contributed by atoms with Gasteiger partial charge < -0.3 is 14.6 Å². The lowest BCUT2D eigenvalue weighted by Gasteiger charge is -2.28. The van der Waals surface area contributed by atoms with E-state index in [1.165, 1.54) is 16.4 Å². The summed E-state index contributed by atoms with van der Waals surface area (Å²) in [6.07, 6.45) is 6.06. The van der Waals surface area contributed by atoms with E-state index in [2.05, 4.69) is 30.7 Å². The van der Waals surface area contributed by atoms with Gasteiger partial charge in [0.2, 0.25) is 5.91 Å². The van der Waals surface area contributed by atoms with Gasteiger partial charge in [-0.25, -0.2) is 17.4 Å². The minimum atomic E-state index is -3.80. The zero-order chi connectivity index (χ0) is 24.5. The molecule has 34 heavy (non-hydrogen) atoms.